The van der Waals surface area contributed by atoms with E-state index in [0.717, 1.165) is 22.0 Å². The number of hydrogen-bond donors (Lipinski definition) is 1. The Morgan fingerprint density at radius 2 is 1.71 bits per heavy atom. The van der Waals surface area contributed by atoms with E-state index in [1.807, 2.05) is 24.3 Å². The topological polar surface area (TPSA) is 82.7 Å². The van der Waals surface area contributed by atoms with Gasteiger partial charge in [0.05, 0.1) is 34.0 Å². The van der Waals surface area contributed by atoms with Crippen LogP contribution in [-0.2, 0) is 0 Å². The molecule has 0 saturated carbocycles. The minimum atomic E-state index is -0.235. The Kier molecular flexibility index (Phi) is 5.49. The second kappa shape index (κ2) is 8.39. The van der Waals surface area contributed by atoms with Gasteiger partial charge in [-0.15, -0.1) is 0 Å². The van der Waals surface area contributed by atoms with E-state index in [9.17, 15) is 4.79 Å². The minimum absolute atomic E-state index is 0.235. The third-order valence-electron chi connectivity index (χ3n) is 5.11. The molecule has 0 atom stereocenters. The van der Waals surface area contributed by atoms with Gasteiger partial charge in [-0.2, -0.15) is 0 Å². The van der Waals surface area contributed by atoms with Gasteiger partial charge in [-0.25, -0.2) is 0 Å². The zero-order valence-electron chi connectivity index (χ0n) is 17.7. The standard InChI is InChI=1S/C24H22N2O5/c1-28-15-7-8-18-17(13-15)16-11-12-25-22(21(16)26-18)19(27)9-5-14-6-10-20(29-2)24(31-4)23(14)30-3/h5-13,26H,1-4H3/b9-5+. The third-order valence-corrected chi connectivity index (χ3v) is 5.11. The summed E-state index contributed by atoms with van der Waals surface area (Å²) >= 11 is 0. The first kappa shape index (κ1) is 20.3. The number of aromatic nitrogens is 2. The predicted octanol–water partition coefficient (Wildman–Crippen LogP) is 4.65. The average molecular weight is 418 g/mol. The van der Waals surface area contributed by atoms with Crippen molar-refractivity contribution in [3.05, 3.63) is 59.9 Å². The molecule has 2 heterocycles. The highest BCUT2D eigenvalue weighted by Gasteiger charge is 2.16. The van der Waals surface area contributed by atoms with Crippen LogP contribution in [0.2, 0.25) is 0 Å². The van der Waals surface area contributed by atoms with Gasteiger partial charge >= 0.3 is 0 Å². The zero-order chi connectivity index (χ0) is 22.0. The van der Waals surface area contributed by atoms with Crippen molar-refractivity contribution < 1.29 is 23.7 Å². The summed E-state index contributed by atoms with van der Waals surface area (Å²) in [7, 11) is 6.25. The smallest absolute Gasteiger partial charge is 0.206 e. The number of carbonyl (C=O) groups excluding carboxylic acids is 1. The lowest BCUT2D eigenvalue weighted by atomic mass is 10.1. The Morgan fingerprint density at radius 1 is 0.903 bits per heavy atom. The van der Waals surface area contributed by atoms with Crippen molar-refractivity contribution in [3.63, 3.8) is 0 Å². The molecule has 0 spiro atoms. The SMILES string of the molecule is COc1ccc2[nH]c3c(C(=O)/C=C/c4ccc(OC)c(OC)c4OC)nccc3c2c1. The van der Waals surface area contributed by atoms with Gasteiger partial charge in [-0.1, -0.05) is 0 Å². The van der Waals surface area contributed by atoms with E-state index in [2.05, 4.69) is 9.97 Å². The van der Waals surface area contributed by atoms with Crippen LogP contribution >= 0.6 is 0 Å². The first-order chi connectivity index (χ1) is 15.1. The number of nitrogens with one attached hydrogen (secondary N) is 1. The van der Waals surface area contributed by atoms with E-state index in [-0.39, 0.29) is 5.78 Å². The van der Waals surface area contributed by atoms with Crippen molar-refractivity contribution in [2.24, 2.45) is 0 Å². The van der Waals surface area contributed by atoms with Gasteiger partial charge in [-0.05, 0) is 48.6 Å². The molecule has 4 rings (SSSR count). The molecule has 4 aromatic rings. The van der Waals surface area contributed by atoms with E-state index in [0.29, 0.717) is 34.0 Å². The lowest BCUT2D eigenvalue weighted by Gasteiger charge is -2.13. The first-order valence-electron chi connectivity index (χ1n) is 9.57. The van der Waals surface area contributed by atoms with Gasteiger partial charge in [0, 0.05) is 28.0 Å². The van der Waals surface area contributed by atoms with E-state index in [4.69, 9.17) is 18.9 Å². The quantitative estimate of drug-likeness (QED) is 0.348. The molecule has 0 unspecified atom stereocenters. The lowest BCUT2D eigenvalue weighted by molar-refractivity contribution is 0.104. The van der Waals surface area contributed by atoms with Crippen LogP contribution in [0.5, 0.6) is 23.0 Å². The number of ketones is 1. The largest absolute Gasteiger partial charge is 0.497 e. The lowest BCUT2D eigenvalue weighted by Crippen LogP contribution is -2.00. The van der Waals surface area contributed by atoms with Gasteiger partial charge < -0.3 is 23.9 Å². The molecular formula is C24H22N2O5. The van der Waals surface area contributed by atoms with Crippen molar-refractivity contribution in [1.82, 2.24) is 9.97 Å². The highest BCUT2D eigenvalue weighted by Crippen LogP contribution is 2.40. The van der Waals surface area contributed by atoms with Crippen molar-refractivity contribution in [2.45, 2.75) is 0 Å². The molecule has 31 heavy (non-hydrogen) atoms. The van der Waals surface area contributed by atoms with Gasteiger partial charge in [-0.3, -0.25) is 9.78 Å². The van der Waals surface area contributed by atoms with Crippen LogP contribution < -0.4 is 18.9 Å². The Labute approximate surface area is 179 Å². The molecular weight excluding hydrogens is 396 g/mol. The van der Waals surface area contributed by atoms with E-state index in [1.54, 1.807) is 38.6 Å². The van der Waals surface area contributed by atoms with Crippen LogP contribution in [0.1, 0.15) is 16.1 Å². The molecule has 0 aliphatic heterocycles. The van der Waals surface area contributed by atoms with Gasteiger partial charge in [0.25, 0.3) is 0 Å². The molecule has 2 aromatic carbocycles. The molecule has 0 aliphatic carbocycles. The van der Waals surface area contributed by atoms with Gasteiger partial charge in [0.2, 0.25) is 11.5 Å². The van der Waals surface area contributed by atoms with Crippen LogP contribution in [0.3, 0.4) is 0 Å². The molecule has 0 fully saturated rings. The van der Waals surface area contributed by atoms with Crippen molar-refractivity contribution in [2.75, 3.05) is 28.4 Å². The molecule has 0 bridgehead atoms. The third kappa shape index (κ3) is 3.54. The van der Waals surface area contributed by atoms with Crippen LogP contribution in [0.25, 0.3) is 27.9 Å². The normalized spacial score (nSPS) is 11.2. The summed E-state index contributed by atoms with van der Waals surface area (Å²) < 4.78 is 21.5. The average Bonchev–Trinajstić information content (AvgIpc) is 3.19. The number of benzene rings is 2. The molecule has 158 valence electrons. The molecule has 0 aliphatic rings. The maximum atomic E-state index is 13.0. The zero-order valence-corrected chi connectivity index (χ0v) is 17.7. The fraction of sp³-hybridized carbons (Fsp3) is 0.167. The number of fused-ring (bicyclic) bond motifs is 3. The maximum Gasteiger partial charge on any atom is 0.206 e. The van der Waals surface area contributed by atoms with Crippen LogP contribution in [0.15, 0.2) is 48.7 Å². The summed E-state index contributed by atoms with van der Waals surface area (Å²) in [6.45, 7) is 0. The molecule has 0 radical (unpaired) electrons. The Balaban J connectivity index is 1.75. The maximum absolute atomic E-state index is 13.0. The van der Waals surface area contributed by atoms with Crippen molar-refractivity contribution in [3.8, 4) is 23.0 Å². The highest BCUT2D eigenvalue weighted by atomic mass is 16.5. The Bertz CT molecular complexity index is 1310. The van der Waals surface area contributed by atoms with E-state index >= 15 is 0 Å². The predicted molar refractivity (Wildman–Crippen MR) is 120 cm³/mol. The number of rotatable bonds is 7. The number of hydrogen-bond acceptors (Lipinski definition) is 6. The van der Waals surface area contributed by atoms with Crippen LogP contribution in [0.4, 0.5) is 0 Å². The fourth-order valence-corrected chi connectivity index (χ4v) is 3.62. The summed E-state index contributed by atoms with van der Waals surface area (Å²) in [5.74, 6) is 2.00. The molecule has 0 saturated heterocycles. The number of nitrogens with zero attached hydrogens (tertiary/aromatic N) is 1. The molecule has 7 heteroatoms. The molecule has 2 aromatic heterocycles. The summed E-state index contributed by atoms with van der Waals surface area (Å²) in [4.78, 5) is 20.6. The Morgan fingerprint density at radius 3 is 2.42 bits per heavy atom. The number of carbonyl (C=O) groups is 1. The van der Waals surface area contributed by atoms with Crippen LogP contribution in [-0.4, -0.2) is 44.2 Å². The second-order valence-electron chi connectivity index (χ2n) is 6.74. The van der Waals surface area contributed by atoms with Gasteiger partial charge in [0.1, 0.15) is 11.4 Å². The van der Waals surface area contributed by atoms with Crippen molar-refractivity contribution >= 4 is 33.7 Å². The minimum Gasteiger partial charge on any atom is -0.497 e. The van der Waals surface area contributed by atoms with E-state index in [1.165, 1.54) is 20.3 Å². The molecule has 1 N–H and O–H groups in total. The van der Waals surface area contributed by atoms with E-state index < -0.39 is 0 Å². The number of methoxy groups -OCH3 is 4. The second-order valence-corrected chi connectivity index (χ2v) is 6.74. The number of ether oxygens (including phenoxy) is 4. The summed E-state index contributed by atoms with van der Waals surface area (Å²) in [5.41, 5.74) is 2.61. The Hall–Kier alpha value is -4.00. The fourth-order valence-electron chi connectivity index (χ4n) is 3.62. The summed E-state index contributed by atoms with van der Waals surface area (Å²) in [5, 5.41) is 1.88. The molecule has 0 amide bonds. The number of pyridine rings is 1. The van der Waals surface area contributed by atoms with Gasteiger partial charge in [0.15, 0.2) is 11.5 Å². The highest BCUT2D eigenvalue weighted by molar-refractivity contribution is 6.18. The molecule has 7 nitrogen and oxygen atoms in total. The number of H-pyrrole nitrogens is 1. The number of aromatic amines is 1. The first-order valence-corrected chi connectivity index (χ1v) is 9.57. The van der Waals surface area contributed by atoms with Crippen LogP contribution in [0, 0.1) is 0 Å². The monoisotopic (exact) mass is 418 g/mol. The van der Waals surface area contributed by atoms with Crippen molar-refractivity contribution in [1.29, 1.82) is 0 Å². The number of allylic oxidation sites excluding steroid dienone is 1. The summed E-state index contributed by atoms with van der Waals surface area (Å²) in [6.07, 6.45) is 4.78. The summed E-state index contributed by atoms with van der Waals surface area (Å²) in [6, 6.07) is 11.2.